The van der Waals surface area contributed by atoms with Crippen molar-refractivity contribution in [2.45, 2.75) is 9.79 Å². The maximum absolute atomic E-state index is 15.1. The third-order valence-corrected chi connectivity index (χ3v) is 5.92. The molecule has 27 heavy (non-hydrogen) atoms. The minimum atomic E-state index is -4.63. The molecule has 2 heterocycles. The van der Waals surface area contributed by atoms with Gasteiger partial charge in [0.25, 0.3) is 5.95 Å². The molecule has 2 aromatic carbocycles. The van der Waals surface area contributed by atoms with Crippen LogP contribution in [-0.4, -0.2) is 18.0 Å². The van der Waals surface area contributed by atoms with Crippen molar-refractivity contribution < 1.29 is 21.6 Å². The van der Waals surface area contributed by atoms with E-state index in [9.17, 15) is 17.2 Å². The molecule has 4 aromatic rings. The molecule has 4 nitrogen and oxygen atoms in total. The molecule has 0 atom stereocenters. The minimum Gasteiger partial charge on any atom is -0.299 e. The number of benzene rings is 2. The van der Waals surface area contributed by atoms with Crippen LogP contribution >= 0.6 is 0 Å². The van der Waals surface area contributed by atoms with Crippen LogP contribution < -0.4 is 0 Å². The number of hydrogen-bond donors (Lipinski definition) is 0. The zero-order chi connectivity index (χ0) is 19.2. The number of nitrogens with zero attached hydrogens (tertiary/aromatic N) is 2. The summed E-state index contributed by atoms with van der Waals surface area (Å²) in [6.07, 6.45) is 1.41. The zero-order valence-electron chi connectivity index (χ0n) is 13.6. The summed E-state index contributed by atoms with van der Waals surface area (Å²) in [6, 6.07) is 15.1. The van der Waals surface area contributed by atoms with Crippen LogP contribution in [0.25, 0.3) is 16.7 Å². The highest BCUT2D eigenvalue weighted by atomic mass is 32.2. The molecule has 0 radical (unpaired) electrons. The maximum Gasteiger partial charge on any atom is 0.252 e. The van der Waals surface area contributed by atoms with E-state index in [0.29, 0.717) is 10.9 Å². The molecule has 0 saturated carbocycles. The van der Waals surface area contributed by atoms with Gasteiger partial charge >= 0.3 is 0 Å². The number of pyridine rings is 1. The van der Waals surface area contributed by atoms with Gasteiger partial charge in [-0.05, 0) is 29.7 Å². The predicted molar refractivity (Wildman–Crippen MR) is 92.8 cm³/mol. The monoisotopic (exact) mass is 388 g/mol. The van der Waals surface area contributed by atoms with E-state index in [4.69, 9.17) is 0 Å². The van der Waals surface area contributed by atoms with Gasteiger partial charge in [0.05, 0.1) is 10.4 Å². The summed E-state index contributed by atoms with van der Waals surface area (Å²) in [4.78, 5) is 1.60. The summed E-state index contributed by atoms with van der Waals surface area (Å²) in [5, 5.41) is 0.705. The summed E-state index contributed by atoms with van der Waals surface area (Å²) < 4.78 is 70.2. The van der Waals surface area contributed by atoms with Gasteiger partial charge in [-0.3, -0.25) is 4.57 Å². The molecule has 0 spiro atoms. The summed E-state index contributed by atoms with van der Waals surface area (Å²) in [7, 11) is -4.63. The van der Waals surface area contributed by atoms with Crippen LogP contribution in [0.5, 0.6) is 0 Å². The first kappa shape index (κ1) is 17.3. The zero-order valence-corrected chi connectivity index (χ0v) is 14.4. The first-order chi connectivity index (χ1) is 12.9. The molecule has 0 aliphatic rings. The van der Waals surface area contributed by atoms with Crippen molar-refractivity contribution in [1.82, 2.24) is 9.55 Å². The van der Waals surface area contributed by atoms with Gasteiger partial charge in [-0.15, -0.1) is 0 Å². The van der Waals surface area contributed by atoms with Crippen molar-refractivity contribution in [3.63, 3.8) is 0 Å². The molecule has 0 unspecified atom stereocenters. The Bertz CT molecular complexity index is 1270. The molecular weight excluding hydrogens is 377 g/mol. The average Bonchev–Trinajstić information content (AvgIpc) is 3.09. The number of para-hydroxylation sites is 1. The fraction of sp³-hybridized carbons (Fsp3) is 0. The van der Waals surface area contributed by atoms with E-state index in [0.717, 1.165) is 0 Å². The van der Waals surface area contributed by atoms with Crippen molar-refractivity contribution in [3.05, 3.63) is 84.4 Å². The minimum absolute atomic E-state index is 0.350. The van der Waals surface area contributed by atoms with E-state index in [-0.39, 0.29) is 4.90 Å². The largest absolute Gasteiger partial charge is 0.299 e. The molecule has 8 heteroatoms. The molecule has 0 bridgehead atoms. The average molecular weight is 388 g/mol. The SMILES string of the molecule is O=S(=O)(c1ccccc1)c1c(F)c(F)nc(-n2ccc3ccccc32)c1F. The van der Waals surface area contributed by atoms with Crippen LogP contribution in [-0.2, 0) is 9.84 Å². The second-order valence-corrected chi connectivity index (χ2v) is 7.63. The lowest BCUT2D eigenvalue weighted by atomic mass is 10.2. The first-order valence-electron chi connectivity index (χ1n) is 7.82. The van der Waals surface area contributed by atoms with Gasteiger partial charge in [0.2, 0.25) is 9.84 Å². The second-order valence-electron chi connectivity index (χ2n) is 5.74. The van der Waals surface area contributed by atoms with E-state index in [1.54, 1.807) is 36.4 Å². The fourth-order valence-corrected chi connectivity index (χ4v) is 4.26. The quantitative estimate of drug-likeness (QED) is 0.493. The normalized spacial score (nSPS) is 11.8. The van der Waals surface area contributed by atoms with Gasteiger partial charge in [-0.25, -0.2) is 17.2 Å². The maximum atomic E-state index is 15.1. The predicted octanol–water partition coefficient (Wildman–Crippen LogP) is 4.28. The first-order valence-corrected chi connectivity index (χ1v) is 9.30. The van der Waals surface area contributed by atoms with Crippen LogP contribution in [0, 0.1) is 17.6 Å². The Morgan fingerprint density at radius 1 is 0.815 bits per heavy atom. The lowest BCUT2D eigenvalue weighted by Gasteiger charge is -2.12. The van der Waals surface area contributed by atoms with Crippen molar-refractivity contribution in [2.24, 2.45) is 0 Å². The molecule has 2 aromatic heterocycles. The van der Waals surface area contributed by atoms with Gasteiger partial charge in [0, 0.05) is 6.20 Å². The third-order valence-electron chi connectivity index (χ3n) is 4.13. The summed E-state index contributed by atoms with van der Waals surface area (Å²) in [5.74, 6) is -5.64. The van der Waals surface area contributed by atoms with Crippen LogP contribution in [0.4, 0.5) is 13.2 Å². The number of hydrogen-bond acceptors (Lipinski definition) is 3. The highest BCUT2D eigenvalue weighted by Crippen LogP contribution is 2.31. The Hall–Kier alpha value is -3.13. The summed E-state index contributed by atoms with van der Waals surface area (Å²) in [6.45, 7) is 0. The van der Waals surface area contributed by atoms with Gasteiger partial charge in [-0.2, -0.15) is 9.37 Å². The Balaban J connectivity index is 2.03. The van der Waals surface area contributed by atoms with Crippen LogP contribution in [0.1, 0.15) is 0 Å². The van der Waals surface area contributed by atoms with Crippen molar-refractivity contribution >= 4 is 20.7 Å². The lowest BCUT2D eigenvalue weighted by molar-refractivity contribution is 0.429. The van der Waals surface area contributed by atoms with E-state index in [1.165, 1.54) is 35.0 Å². The number of rotatable bonds is 3. The van der Waals surface area contributed by atoms with Crippen molar-refractivity contribution in [2.75, 3.05) is 0 Å². The molecule has 0 aliphatic carbocycles. The fourth-order valence-electron chi connectivity index (χ4n) is 2.86. The van der Waals surface area contributed by atoms with Crippen molar-refractivity contribution in [1.29, 1.82) is 0 Å². The van der Waals surface area contributed by atoms with Gasteiger partial charge in [0.15, 0.2) is 22.3 Å². The number of halogens is 3. The van der Waals surface area contributed by atoms with Crippen LogP contribution in [0.2, 0.25) is 0 Å². The van der Waals surface area contributed by atoms with Gasteiger partial charge in [0.1, 0.15) is 0 Å². The Morgan fingerprint density at radius 2 is 1.48 bits per heavy atom. The van der Waals surface area contributed by atoms with Gasteiger partial charge in [-0.1, -0.05) is 36.4 Å². The topological polar surface area (TPSA) is 52.0 Å². The van der Waals surface area contributed by atoms with Crippen LogP contribution in [0.15, 0.2) is 76.7 Å². The molecule has 0 fully saturated rings. The standard InChI is InChI=1S/C19H11F3N2O2S/c20-15-17(27(25,26)13-7-2-1-3-8-13)16(21)19(23-18(15)22)24-11-10-12-6-4-5-9-14(12)24/h1-11H. The molecular formula is C19H11F3N2O2S. The van der Waals surface area contributed by atoms with Crippen molar-refractivity contribution in [3.8, 4) is 5.82 Å². The molecule has 0 N–H and O–H groups in total. The number of fused-ring (bicyclic) bond motifs is 1. The Labute approximate surface area is 152 Å². The summed E-state index contributed by atoms with van der Waals surface area (Å²) in [5.41, 5.74) is 0.470. The highest BCUT2D eigenvalue weighted by molar-refractivity contribution is 7.91. The van der Waals surface area contributed by atoms with E-state index >= 15 is 4.39 Å². The van der Waals surface area contributed by atoms with Gasteiger partial charge < -0.3 is 0 Å². The molecule has 136 valence electrons. The Morgan fingerprint density at radius 3 is 2.22 bits per heavy atom. The molecule has 4 rings (SSSR count). The third kappa shape index (κ3) is 2.69. The Kier molecular flexibility index (Phi) is 4.00. The molecule has 0 amide bonds. The number of sulfone groups is 1. The van der Waals surface area contributed by atoms with E-state index in [1.807, 2.05) is 0 Å². The second kappa shape index (κ2) is 6.24. The van der Waals surface area contributed by atoms with E-state index in [2.05, 4.69) is 4.98 Å². The molecule has 0 saturated heterocycles. The smallest absolute Gasteiger partial charge is 0.252 e. The highest BCUT2D eigenvalue weighted by Gasteiger charge is 2.32. The van der Waals surface area contributed by atoms with Crippen LogP contribution in [0.3, 0.4) is 0 Å². The summed E-state index contributed by atoms with van der Waals surface area (Å²) >= 11 is 0. The van der Waals surface area contributed by atoms with E-state index < -0.39 is 38.1 Å². The lowest BCUT2D eigenvalue weighted by Crippen LogP contribution is -2.14. The molecule has 0 aliphatic heterocycles. The number of aromatic nitrogens is 2.